The van der Waals surface area contributed by atoms with Gasteiger partial charge in [0.2, 0.25) is 0 Å². The predicted octanol–water partition coefficient (Wildman–Crippen LogP) is 2.03. The van der Waals surface area contributed by atoms with Crippen LogP contribution in [0.3, 0.4) is 0 Å². The molecule has 16 heavy (non-hydrogen) atoms. The van der Waals surface area contributed by atoms with Gasteiger partial charge in [0.15, 0.2) is 10.4 Å². The molecule has 88 valence electrons. The molecule has 0 radical (unpaired) electrons. The Morgan fingerprint density at radius 2 is 2.44 bits per heavy atom. The molecule has 1 aliphatic rings. The molecule has 1 N–H and O–H groups in total. The summed E-state index contributed by atoms with van der Waals surface area (Å²) in [5, 5.41) is 9.36. The van der Waals surface area contributed by atoms with Crippen LogP contribution in [-0.2, 0) is 0 Å². The lowest BCUT2D eigenvalue weighted by Gasteiger charge is -2.32. The number of likely N-dealkylation sites (tertiary alicyclic amines) is 1. The van der Waals surface area contributed by atoms with E-state index < -0.39 is 5.54 Å². The van der Waals surface area contributed by atoms with Crippen molar-refractivity contribution < 1.29 is 14.3 Å². The molecule has 2 rings (SSSR count). The standard InChI is InChI=1S/C11H14BrNO3/c1-11(7-14)5-2-6-13(11)10(15)8-3-4-9(12)16-8/h3-4,14H,2,5-7H2,1H3. The van der Waals surface area contributed by atoms with Crippen molar-refractivity contribution >= 4 is 21.8 Å². The van der Waals surface area contributed by atoms with Crippen LogP contribution in [0.15, 0.2) is 21.2 Å². The van der Waals surface area contributed by atoms with E-state index in [4.69, 9.17) is 4.42 Å². The second-order valence-corrected chi connectivity index (χ2v) is 5.10. The normalized spacial score (nSPS) is 25.1. The number of amides is 1. The third-order valence-electron chi connectivity index (χ3n) is 3.12. The molecule has 1 amide bonds. The molecule has 1 aromatic rings. The third kappa shape index (κ3) is 1.89. The maximum atomic E-state index is 12.1. The molecular weight excluding hydrogens is 274 g/mol. The van der Waals surface area contributed by atoms with Gasteiger partial charge in [-0.1, -0.05) is 0 Å². The largest absolute Gasteiger partial charge is 0.444 e. The van der Waals surface area contributed by atoms with E-state index in [1.54, 1.807) is 17.0 Å². The van der Waals surface area contributed by atoms with E-state index in [0.717, 1.165) is 12.8 Å². The molecule has 1 aromatic heterocycles. The van der Waals surface area contributed by atoms with Gasteiger partial charge in [-0.2, -0.15) is 0 Å². The number of halogens is 1. The molecule has 5 heteroatoms. The first-order valence-corrected chi connectivity index (χ1v) is 6.04. The number of rotatable bonds is 2. The van der Waals surface area contributed by atoms with E-state index in [9.17, 15) is 9.90 Å². The van der Waals surface area contributed by atoms with Crippen LogP contribution >= 0.6 is 15.9 Å². The van der Waals surface area contributed by atoms with Crippen LogP contribution in [0.4, 0.5) is 0 Å². The summed E-state index contributed by atoms with van der Waals surface area (Å²) < 4.78 is 5.78. The van der Waals surface area contributed by atoms with Crippen molar-refractivity contribution in [3.63, 3.8) is 0 Å². The average Bonchev–Trinajstić information content (AvgIpc) is 2.85. The van der Waals surface area contributed by atoms with Gasteiger partial charge in [0.05, 0.1) is 12.1 Å². The Balaban J connectivity index is 2.22. The van der Waals surface area contributed by atoms with Crippen molar-refractivity contribution in [3.8, 4) is 0 Å². The van der Waals surface area contributed by atoms with Gasteiger partial charge in [0, 0.05) is 6.54 Å². The SMILES string of the molecule is CC1(CO)CCCN1C(=O)c1ccc(Br)o1. The first kappa shape index (κ1) is 11.7. The fourth-order valence-corrected chi connectivity index (χ4v) is 2.40. The van der Waals surface area contributed by atoms with Gasteiger partial charge in [-0.3, -0.25) is 4.79 Å². The summed E-state index contributed by atoms with van der Waals surface area (Å²) in [5.74, 6) is 0.160. The number of hydrogen-bond donors (Lipinski definition) is 1. The second-order valence-electron chi connectivity index (χ2n) is 4.32. The van der Waals surface area contributed by atoms with Crippen molar-refractivity contribution in [1.29, 1.82) is 0 Å². The van der Waals surface area contributed by atoms with E-state index in [1.165, 1.54) is 0 Å². The molecule has 1 saturated heterocycles. The van der Waals surface area contributed by atoms with Gasteiger partial charge in [0.25, 0.3) is 5.91 Å². The predicted molar refractivity (Wildman–Crippen MR) is 62.2 cm³/mol. The van der Waals surface area contributed by atoms with Crippen molar-refractivity contribution in [3.05, 3.63) is 22.6 Å². The Bertz CT molecular complexity index is 404. The highest BCUT2D eigenvalue weighted by Crippen LogP contribution is 2.30. The molecule has 1 atom stereocenters. The lowest BCUT2D eigenvalue weighted by molar-refractivity contribution is 0.0443. The highest BCUT2D eigenvalue weighted by molar-refractivity contribution is 9.10. The fraction of sp³-hybridized carbons (Fsp3) is 0.545. The van der Waals surface area contributed by atoms with Gasteiger partial charge in [-0.15, -0.1) is 0 Å². The van der Waals surface area contributed by atoms with E-state index in [1.807, 2.05) is 6.92 Å². The van der Waals surface area contributed by atoms with Crippen molar-refractivity contribution in [2.24, 2.45) is 0 Å². The second kappa shape index (κ2) is 4.22. The number of nitrogens with zero attached hydrogens (tertiary/aromatic N) is 1. The Hall–Kier alpha value is -0.810. The van der Waals surface area contributed by atoms with E-state index in [-0.39, 0.29) is 12.5 Å². The van der Waals surface area contributed by atoms with Crippen molar-refractivity contribution in [2.75, 3.05) is 13.2 Å². The zero-order valence-corrected chi connectivity index (χ0v) is 10.7. The minimum atomic E-state index is -0.448. The molecule has 0 saturated carbocycles. The summed E-state index contributed by atoms with van der Waals surface area (Å²) in [6.07, 6.45) is 1.75. The molecule has 1 aliphatic heterocycles. The van der Waals surface area contributed by atoms with Gasteiger partial charge in [0.1, 0.15) is 0 Å². The molecule has 2 heterocycles. The Labute approximate surface area is 102 Å². The quantitative estimate of drug-likeness (QED) is 0.906. The molecule has 4 nitrogen and oxygen atoms in total. The Kier molecular flexibility index (Phi) is 3.08. The Morgan fingerprint density at radius 1 is 1.69 bits per heavy atom. The monoisotopic (exact) mass is 287 g/mol. The van der Waals surface area contributed by atoms with E-state index >= 15 is 0 Å². The van der Waals surface area contributed by atoms with Gasteiger partial charge in [-0.05, 0) is 47.8 Å². The average molecular weight is 288 g/mol. The molecule has 0 aromatic carbocycles. The summed E-state index contributed by atoms with van der Waals surface area (Å²) in [7, 11) is 0. The number of carbonyl (C=O) groups is 1. The highest BCUT2D eigenvalue weighted by atomic mass is 79.9. The first-order valence-electron chi connectivity index (χ1n) is 5.25. The van der Waals surface area contributed by atoms with Crippen LogP contribution in [0.1, 0.15) is 30.3 Å². The molecule has 0 bridgehead atoms. The molecular formula is C11H14BrNO3. The smallest absolute Gasteiger partial charge is 0.290 e. The summed E-state index contributed by atoms with van der Waals surface area (Å²) in [4.78, 5) is 13.8. The zero-order chi connectivity index (χ0) is 11.8. The summed E-state index contributed by atoms with van der Waals surface area (Å²) >= 11 is 3.17. The van der Waals surface area contributed by atoms with Crippen LogP contribution in [-0.4, -0.2) is 34.6 Å². The third-order valence-corrected chi connectivity index (χ3v) is 3.54. The summed E-state index contributed by atoms with van der Waals surface area (Å²) in [5.41, 5.74) is -0.448. The highest BCUT2D eigenvalue weighted by Gasteiger charge is 2.40. The maximum Gasteiger partial charge on any atom is 0.290 e. The Morgan fingerprint density at radius 3 is 3.00 bits per heavy atom. The summed E-state index contributed by atoms with van der Waals surface area (Å²) in [6.45, 7) is 2.56. The van der Waals surface area contributed by atoms with Crippen LogP contribution in [0.2, 0.25) is 0 Å². The zero-order valence-electron chi connectivity index (χ0n) is 9.07. The topological polar surface area (TPSA) is 53.7 Å². The minimum Gasteiger partial charge on any atom is -0.444 e. The fourth-order valence-electron chi connectivity index (χ4n) is 2.10. The van der Waals surface area contributed by atoms with E-state index in [0.29, 0.717) is 17.0 Å². The van der Waals surface area contributed by atoms with Crippen molar-refractivity contribution in [1.82, 2.24) is 4.90 Å². The number of aliphatic hydroxyl groups excluding tert-OH is 1. The molecule has 1 unspecified atom stereocenters. The van der Waals surface area contributed by atoms with Gasteiger partial charge >= 0.3 is 0 Å². The van der Waals surface area contributed by atoms with Crippen LogP contribution < -0.4 is 0 Å². The molecule has 0 aliphatic carbocycles. The number of hydrogen-bond acceptors (Lipinski definition) is 3. The van der Waals surface area contributed by atoms with Crippen LogP contribution in [0.25, 0.3) is 0 Å². The molecule has 1 fully saturated rings. The summed E-state index contributed by atoms with van der Waals surface area (Å²) in [6, 6.07) is 3.34. The number of carbonyl (C=O) groups excluding carboxylic acids is 1. The first-order chi connectivity index (χ1) is 7.57. The number of aliphatic hydroxyl groups is 1. The maximum absolute atomic E-state index is 12.1. The van der Waals surface area contributed by atoms with Crippen LogP contribution in [0.5, 0.6) is 0 Å². The van der Waals surface area contributed by atoms with Crippen molar-refractivity contribution in [2.45, 2.75) is 25.3 Å². The van der Waals surface area contributed by atoms with Gasteiger partial charge < -0.3 is 14.4 Å². The lowest BCUT2D eigenvalue weighted by Crippen LogP contribution is -2.47. The van der Waals surface area contributed by atoms with Crippen LogP contribution in [0, 0.1) is 0 Å². The number of furan rings is 1. The minimum absolute atomic E-state index is 0.0133. The van der Waals surface area contributed by atoms with E-state index in [2.05, 4.69) is 15.9 Å². The molecule has 0 spiro atoms. The van der Waals surface area contributed by atoms with Gasteiger partial charge in [-0.25, -0.2) is 0 Å². The lowest BCUT2D eigenvalue weighted by atomic mass is 10.0.